The van der Waals surface area contributed by atoms with E-state index in [0.717, 1.165) is 13.1 Å². The van der Waals surface area contributed by atoms with Crippen molar-refractivity contribution >= 4 is 11.6 Å². The maximum absolute atomic E-state index is 13.9. The van der Waals surface area contributed by atoms with Crippen molar-refractivity contribution in [3.63, 3.8) is 0 Å². The highest BCUT2D eigenvalue weighted by atomic mass is 19.1. The predicted octanol–water partition coefficient (Wildman–Crippen LogP) is 1.93. The van der Waals surface area contributed by atoms with Crippen LogP contribution in [-0.4, -0.2) is 38.6 Å². The summed E-state index contributed by atoms with van der Waals surface area (Å²) in [7, 11) is 0. The monoisotopic (exact) mass is 354 g/mol. The van der Waals surface area contributed by atoms with Crippen LogP contribution in [0.5, 0.6) is 0 Å². The molecule has 0 spiro atoms. The highest BCUT2D eigenvalue weighted by Crippen LogP contribution is 2.28. The summed E-state index contributed by atoms with van der Waals surface area (Å²) in [5, 5.41) is 14.6. The van der Waals surface area contributed by atoms with Crippen molar-refractivity contribution in [3.8, 4) is 5.69 Å². The molecule has 2 aromatic heterocycles. The van der Waals surface area contributed by atoms with Crippen LogP contribution < -0.4 is 10.6 Å². The van der Waals surface area contributed by atoms with Crippen LogP contribution in [0.1, 0.15) is 12.8 Å². The van der Waals surface area contributed by atoms with Gasteiger partial charge in [0.1, 0.15) is 17.0 Å². The molecule has 0 saturated carbocycles. The number of aromatic nitrogens is 4. The first-order valence-electron chi connectivity index (χ1n) is 8.51. The minimum atomic E-state index is -0.741. The third-order valence-electron chi connectivity index (χ3n) is 4.74. The van der Waals surface area contributed by atoms with Gasteiger partial charge in [-0.2, -0.15) is 10.2 Å². The lowest BCUT2D eigenvalue weighted by atomic mass is 9.87. The normalized spacial score (nSPS) is 16.3. The van der Waals surface area contributed by atoms with Gasteiger partial charge >= 0.3 is 0 Å². The number of rotatable bonds is 4. The number of para-hydroxylation sites is 1. The molecule has 1 saturated heterocycles. The molecule has 2 N–H and O–H groups in total. The van der Waals surface area contributed by atoms with Crippen molar-refractivity contribution < 1.29 is 9.18 Å². The number of halogens is 1. The molecular formula is C18H19FN6O. The number of anilines is 1. The highest BCUT2D eigenvalue weighted by molar-refractivity contribution is 5.96. The summed E-state index contributed by atoms with van der Waals surface area (Å²) >= 11 is 0. The van der Waals surface area contributed by atoms with Crippen molar-refractivity contribution in [3.05, 3.63) is 60.9 Å². The van der Waals surface area contributed by atoms with Gasteiger partial charge in [-0.1, -0.05) is 12.1 Å². The van der Waals surface area contributed by atoms with Crippen molar-refractivity contribution in [2.45, 2.75) is 18.4 Å². The molecule has 3 aromatic rings. The van der Waals surface area contributed by atoms with Gasteiger partial charge < -0.3 is 10.6 Å². The molecule has 0 aliphatic carbocycles. The van der Waals surface area contributed by atoms with Crippen LogP contribution in [0.25, 0.3) is 5.69 Å². The molecule has 1 aliphatic heterocycles. The van der Waals surface area contributed by atoms with Gasteiger partial charge in [-0.15, -0.1) is 0 Å². The zero-order valence-electron chi connectivity index (χ0n) is 14.1. The summed E-state index contributed by atoms with van der Waals surface area (Å²) in [5.41, 5.74) is 0.106. The van der Waals surface area contributed by atoms with Crippen molar-refractivity contribution in [1.82, 2.24) is 24.9 Å². The van der Waals surface area contributed by atoms with E-state index in [2.05, 4.69) is 20.8 Å². The van der Waals surface area contributed by atoms with E-state index in [1.54, 1.807) is 35.3 Å². The van der Waals surface area contributed by atoms with Crippen molar-refractivity contribution in [2.24, 2.45) is 0 Å². The Hall–Kier alpha value is -3.00. The average molecular weight is 354 g/mol. The summed E-state index contributed by atoms with van der Waals surface area (Å²) in [5.74, 6) is -0.518. The summed E-state index contributed by atoms with van der Waals surface area (Å²) in [6.45, 7) is 1.48. The lowest BCUT2D eigenvalue weighted by Gasteiger charge is -2.36. The number of amides is 1. The third-order valence-corrected chi connectivity index (χ3v) is 4.74. The van der Waals surface area contributed by atoms with Gasteiger partial charge in [0, 0.05) is 12.4 Å². The van der Waals surface area contributed by atoms with Gasteiger partial charge in [-0.05, 0) is 44.1 Å². The van der Waals surface area contributed by atoms with Gasteiger partial charge in [0.05, 0.1) is 18.1 Å². The van der Waals surface area contributed by atoms with Gasteiger partial charge in [-0.3, -0.25) is 9.48 Å². The molecule has 26 heavy (non-hydrogen) atoms. The van der Waals surface area contributed by atoms with Gasteiger partial charge in [0.2, 0.25) is 0 Å². The van der Waals surface area contributed by atoms with Gasteiger partial charge in [-0.25, -0.2) is 9.07 Å². The maximum Gasteiger partial charge on any atom is 0.252 e. The first-order valence-corrected chi connectivity index (χ1v) is 8.51. The number of hydrogen-bond donors (Lipinski definition) is 2. The fourth-order valence-electron chi connectivity index (χ4n) is 3.33. The topological polar surface area (TPSA) is 76.8 Å². The molecule has 3 heterocycles. The molecule has 0 atom stereocenters. The van der Waals surface area contributed by atoms with E-state index in [4.69, 9.17) is 0 Å². The Morgan fingerprint density at radius 3 is 2.73 bits per heavy atom. The maximum atomic E-state index is 13.9. The van der Waals surface area contributed by atoms with E-state index < -0.39 is 5.54 Å². The zero-order chi connectivity index (χ0) is 18.0. The van der Waals surface area contributed by atoms with Crippen LogP contribution in [0.15, 0.2) is 55.1 Å². The fraction of sp³-hybridized carbons (Fsp3) is 0.278. The largest absolute Gasteiger partial charge is 0.321 e. The van der Waals surface area contributed by atoms with Crippen LogP contribution in [0.2, 0.25) is 0 Å². The third kappa shape index (κ3) is 2.88. The highest BCUT2D eigenvalue weighted by Gasteiger charge is 2.42. The second-order valence-corrected chi connectivity index (χ2v) is 6.31. The number of nitrogens with zero attached hydrogens (tertiary/aromatic N) is 4. The zero-order valence-corrected chi connectivity index (χ0v) is 14.1. The Morgan fingerprint density at radius 2 is 2.00 bits per heavy atom. The molecule has 134 valence electrons. The first kappa shape index (κ1) is 16.5. The van der Waals surface area contributed by atoms with E-state index >= 15 is 0 Å². The second-order valence-electron chi connectivity index (χ2n) is 6.31. The van der Waals surface area contributed by atoms with Gasteiger partial charge in [0.15, 0.2) is 0 Å². The summed E-state index contributed by atoms with van der Waals surface area (Å²) < 4.78 is 17.1. The molecule has 1 aromatic carbocycles. The van der Waals surface area contributed by atoms with Crippen LogP contribution in [-0.2, 0) is 10.3 Å². The molecule has 8 heteroatoms. The number of hydrogen-bond acceptors (Lipinski definition) is 4. The number of carbonyl (C=O) groups is 1. The smallest absolute Gasteiger partial charge is 0.252 e. The number of piperidine rings is 1. The number of benzene rings is 1. The SMILES string of the molecule is O=C(Nc1cnn(-c2ccccc2F)c1)C1(n2cccn2)CCNCC1. The van der Waals surface area contributed by atoms with Crippen molar-refractivity contribution in [1.29, 1.82) is 0 Å². The Labute approximate surface area is 149 Å². The number of carbonyl (C=O) groups excluding carboxylic acids is 1. The summed E-state index contributed by atoms with van der Waals surface area (Å²) in [6.07, 6.45) is 7.89. The van der Waals surface area contributed by atoms with E-state index in [9.17, 15) is 9.18 Å². The van der Waals surface area contributed by atoms with Crippen LogP contribution in [0, 0.1) is 5.82 Å². The molecule has 1 fully saturated rings. The van der Waals surface area contributed by atoms with Crippen molar-refractivity contribution in [2.75, 3.05) is 18.4 Å². The molecule has 0 bridgehead atoms. The van der Waals surface area contributed by atoms with Crippen LogP contribution in [0.4, 0.5) is 10.1 Å². The molecule has 1 amide bonds. The minimum absolute atomic E-state index is 0.143. The van der Waals surface area contributed by atoms with Crippen LogP contribution in [0.3, 0.4) is 0 Å². The molecule has 1 aliphatic rings. The Morgan fingerprint density at radius 1 is 1.19 bits per heavy atom. The quantitative estimate of drug-likeness (QED) is 0.751. The Bertz CT molecular complexity index is 898. The fourth-order valence-corrected chi connectivity index (χ4v) is 3.33. The molecule has 7 nitrogen and oxygen atoms in total. The molecule has 0 unspecified atom stereocenters. The van der Waals surface area contributed by atoms with E-state index in [-0.39, 0.29) is 11.7 Å². The summed E-state index contributed by atoms with van der Waals surface area (Å²) in [4.78, 5) is 13.1. The van der Waals surface area contributed by atoms with E-state index in [0.29, 0.717) is 24.2 Å². The summed E-state index contributed by atoms with van der Waals surface area (Å²) in [6, 6.07) is 8.17. The predicted molar refractivity (Wildman–Crippen MR) is 94.5 cm³/mol. The standard InChI is InChI=1S/C18H19FN6O/c19-15-4-1-2-5-16(15)24-13-14(12-22-24)23-17(26)18(6-9-20-10-7-18)25-11-3-8-21-25/h1-5,8,11-13,20H,6-7,9-10H2,(H,23,26). The lowest BCUT2D eigenvalue weighted by molar-refractivity contribution is -0.126. The Kier molecular flexibility index (Phi) is 4.26. The van der Waals surface area contributed by atoms with E-state index in [1.165, 1.54) is 16.9 Å². The van der Waals surface area contributed by atoms with Gasteiger partial charge in [0.25, 0.3) is 5.91 Å². The first-order chi connectivity index (χ1) is 12.7. The molecule has 0 radical (unpaired) electrons. The second kappa shape index (κ2) is 6.72. The molecular weight excluding hydrogens is 335 g/mol. The Balaban J connectivity index is 1.59. The number of nitrogens with one attached hydrogen (secondary N) is 2. The lowest BCUT2D eigenvalue weighted by Crippen LogP contribution is -2.52. The van der Waals surface area contributed by atoms with E-state index in [1.807, 2.05) is 12.3 Å². The van der Waals surface area contributed by atoms with Crippen LogP contribution >= 0.6 is 0 Å². The minimum Gasteiger partial charge on any atom is -0.321 e. The average Bonchev–Trinajstić information content (AvgIpc) is 3.35. The molecule has 4 rings (SSSR count).